The number of carbonyl (C=O) groups excluding carboxylic acids is 1. The molecule has 0 radical (unpaired) electrons. The maximum atomic E-state index is 13.3. The Morgan fingerprint density at radius 2 is 1.57 bits per heavy atom. The van der Waals surface area contributed by atoms with E-state index in [4.69, 9.17) is 4.74 Å². The van der Waals surface area contributed by atoms with Gasteiger partial charge in [0.15, 0.2) is 0 Å². The molecule has 4 aromatic carbocycles. The first kappa shape index (κ1) is 24.5. The van der Waals surface area contributed by atoms with Gasteiger partial charge >= 0.3 is 0 Å². The Hall–Kier alpha value is -4.23. The molecule has 0 saturated heterocycles. The topological polar surface area (TPSA) is 74.2 Å². The van der Waals surface area contributed by atoms with Gasteiger partial charge < -0.3 is 15.3 Å². The van der Waals surface area contributed by atoms with Crippen LogP contribution < -0.4 is 15.1 Å². The fraction of sp³-hybridized carbons (Fsp3) is 0.133. The Balaban J connectivity index is 1.28. The van der Waals surface area contributed by atoms with Gasteiger partial charge in [-0.3, -0.25) is 9.69 Å². The molecule has 0 unspecified atom stereocenters. The van der Waals surface area contributed by atoms with Crippen molar-refractivity contribution in [1.82, 2.24) is 5.43 Å². The van der Waals surface area contributed by atoms with Crippen LogP contribution in [0.5, 0.6) is 11.5 Å². The highest BCUT2D eigenvalue weighted by Crippen LogP contribution is 2.47. The molecule has 2 N–H and O–H groups in total. The number of carbonyl (C=O) groups is 1. The number of rotatable bonds is 8. The van der Waals surface area contributed by atoms with Crippen LogP contribution in [-0.2, 0) is 11.4 Å². The van der Waals surface area contributed by atoms with E-state index in [0.717, 1.165) is 26.7 Å². The first-order chi connectivity index (χ1) is 18.1. The number of ether oxygens (including phenoxy) is 1. The molecule has 0 bridgehead atoms. The van der Waals surface area contributed by atoms with Gasteiger partial charge in [-0.05, 0) is 48.4 Å². The highest BCUT2D eigenvalue weighted by atomic mass is 32.2. The van der Waals surface area contributed by atoms with E-state index in [1.807, 2.05) is 91.9 Å². The third-order valence-electron chi connectivity index (χ3n) is 5.99. The van der Waals surface area contributed by atoms with E-state index in [-0.39, 0.29) is 18.2 Å². The summed E-state index contributed by atoms with van der Waals surface area (Å²) in [5.74, 6) is 0.535. The second-order valence-corrected chi connectivity index (χ2v) is 9.55. The summed E-state index contributed by atoms with van der Waals surface area (Å²) in [6.45, 7) is 2.38. The summed E-state index contributed by atoms with van der Waals surface area (Å²) in [6, 6.07) is 30.8. The number of aromatic hydroxyl groups is 1. The Labute approximate surface area is 220 Å². The minimum absolute atomic E-state index is 0.00979. The molecule has 0 atom stereocenters. The quantitative estimate of drug-likeness (QED) is 0.209. The number of hydrogen-bond donors (Lipinski definition) is 2. The lowest BCUT2D eigenvalue weighted by Gasteiger charge is -2.31. The molecule has 0 aliphatic carbocycles. The van der Waals surface area contributed by atoms with Gasteiger partial charge in [-0.15, -0.1) is 0 Å². The van der Waals surface area contributed by atoms with Crippen molar-refractivity contribution in [2.45, 2.75) is 29.7 Å². The fourth-order valence-electron chi connectivity index (χ4n) is 4.17. The van der Waals surface area contributed by atoms with Gasteiger partial charge in [0, 0.05) is 21.4 Å². The predicted molar refractivity (Wildman–Crippen MR) is 148 cm³/mol. The smallest absolute Gasteiger partial charge is 0.252 e. The summed E-state index contributed by atoms with van der Waals surface area (Å²) >= 11 is 1.66. The van der Waals surface area contributed by atoms with E-state index in [2.05, 4.69) is 10.5 Å². The second-order valence-electron chi connectivity index (χ2n) is 8.47. The Morgan fingerprint density at radius 1 is 0.919 bits per heavy atom. The van der Waals surface area contributed by atoms with Gasteiger partial charge in [-0.25, -0.2) is 0 Å². The number of anilines is 2. The van der Waals surface area contributed by atoms with E-state index >= 15 is 0 Å². The monoisotopic (exact) mass is 509 g/mol. The highest BCUT2D eigenvalue weighted by molar-refractivity contribution is 7.99. The lowest BCUT2D eigenvalue weighted by atomic mass is 10.1. The molecule has 5 rings (SSSR count). The van der Waals surface area contributed by atoms with Crippen molar-refractivity contribution in [3.63, 3.8) is 0 Å². The number of fused-ring (bicyclic) bond motifs is 2. The summed E-state index contributed by atoms with van der Waals surface area (Å²) in [6.07, 6.45) is 0.574. The van der Waals surface area contributed by atoms with Crippen molar-refractivity contribution in [2.24, 2.45) is 5.10 Å². The van der Waals surface area contributed by atoms with Crippen molar-refractivity contribution >= 4 is 34.8 Å². The van der Waals surface area contributed by atoms with Gasteiger partial charge in [0.1, 0.15) is 24.7 Å². The van der Waals surface area contributed by atoms with Gasteiger partial charge in [-0.1, -0.05) is 73.3 Å². The Morgan fingerprint density at radius 3 is 2.22 bits per heavy atom. The number of phenols is 1. The van der Waals surface area contributed by atoms with Crippen molar-refractivity contribution < 1.29 is 14.6 Å². The molecule has 0 saturated carbocycles. The predicted octanol–water partition coefficient (Wildman–Crippen LogP) is 6.50. The molecule has 7 heteroatoms. The molecule has 0 aromatic heterocycles. The number of benzene rings is 4. The van der Waals surface area contributed by atoms with Crippen LogP contribution in [0.1, 0.15) is 24.5 Å². The van der Waals surface area contributed by atoms with Crippen LogP contribution in [-0.4, -0.2) is 23.3 Å². The van der Waals surface area contributed by atoms with Crippen LogP contribution in [0.15, 0.2) is 112 Å². The molecule has 0 spiro atoms. The van der Waals surface area contributed by atoms with Crippen LogP contribution in [0.4, 0.5) is 11.4 Å². The van der Waals surface area contributed by atoms with Crippen molar-refractivity contribution in [1.29, 1.82) is 0 Å². The van der Waals surface area contributed by atoms with Gasteiger partial charge in [-0.2, -0.15) is 5.10 Å². The van der Waals surface area contributed by atoms with E-state index in [1.165, 1.54) is 0 Å². The number of para-hydroxylation sites is 2. The van der Waals surface area contributed by atoms with Crippen LogP contribution >= 0.6 is 11.8 Å². The average Bonchev–Trinajstić information content (AvgIpc) is 2.94. The first-order valence-corrected chi connectivity index (χ1v) is 12.9. The molecule has 186 valence electrons. The SMILES string of the molecule is CC/C(=N/NCC(=O)N1c2ccccc2Sc2ccccc21)c1ccc(OCc2ccccc2)cc1O. The van der Waals surface area contributed by atoms with Crippen molar-refractivity contribution in [3.05, 3.63) is 108 Å². The number of nitrogens with zero attached hydrogens (tertiary/aromatic N) is 2. The summed E-state index contributed by atoms with van der Waals surface area (Å²) < 4.78 is 5.81. The molecule has 1 heterocycles. The minimum atomic E-state index is -0.117. The normalized spacial score (nSPS) is 12.5. The average molecular weight is 510 g/mol. The fourth-order valence-corrected chi connectivity index (χ4v) is 5.23. The molecule has 0 fully saturated rings. The van der Waals surface area contributed by atoms with E-state index in [9.17, 15) is 9.90 Å². The lowest BCUT2D eigenvalue weighted by Crippen LogP contribution is -2.35. The summed E-state index contributed by atoms with van der Waals surface area (Å²) in [5.41, 5.74) is 6.95. The van der Waals surface area contributed by atoms with E-state index < -0.39 is 0 Å². The number of hydrogen-bond acceptors (Lipinski definition) is 6. The summed E-state index contributed by atoms with van der Waals surface area (Å²) in [5, 5.41) is 15.1. The van der Waals surface area contributed by atoms with Crippen LogP contribution in [0, 0.1) is 0 Å². The number of nitrogens with one attached hydrogen (secondary N) is 1. The van der Waals surface area contributed by atoms with Crippen LogP contribution in [0.2, 0.25) is 0 Å². The van der Waals surface area contributed by atoms with Crippen LogP contribution in [0.25, 0.3) is 0 Å². The Kier molecular flexibility index (Phi) is 7.42. The summed E-state index contributed by atoms with van der Waals surface area (Å²) in [7, 11) is 0. The lowest BCUT2D eigenvalue weighted by molar-refractivity contribution is -0.117. The van der Waals surface area contributed by atoms with Crippen molar-refractivity contribution in [2.75, 3.05) is 11.4 Å². The molecule has 1 amide bonds. The third-order valence-corrected chi connectivity index (χ3v) is 7.12. The first-order valence-electron chi connectivity index (χ1n) is 12.1. The minimum Gasteiger partial charge on any atom is -0.507 e. The standard InChI is InChI=1S/C30H27N3O3S/c1-2-24(23-17-16-22(18-27(23)34)36-20-21-10-4-3-5-11-21)32-31-19-30(35)33-25-12-6-8-14-28(25)37-29-15-9-7-13-26(29)33/h3-18,31,34H,2,19-20H2,1H3/b32-24-. The highest BCUT2D eigenvalue weighted by Gasteiger charge is 2.27. The zero-order valence-corrected chi connectivity index (χ0v) is 21.2. The van der Waals surface area contributed by atoms with Gasteiger partial charge in [0.05, 0.1) is 17.1 Å². The third kappa shape index (κ3) is 5.47. The van der Waals surface area contributed by atoms with Crippen LogP contribution in [0.3, 0.4) is 0 Å². The van der Waals surface area contributed by atoms with Gasteiger partial charge in [0.2, 0.25) is 0 Å². The molecule has 4 aromatic rings. The maximum absolute atomic E-state index is 13.3. The Bertz CT molecular complexity index is 1390. The van der Waals surface area contributed by atoms with Gasteiger partial charge in [0.25, 0.3) is 5.91 Å². The van der Waals surface area contributed by atoms with E-state index in [1.54, 1.807) is 28.8 Å². The largest absolute Gasteiger partial charge is 0.507 e. The summed E-state index contributed by atoms with van der Waals surface area (Å²) in [4.78, 5) is 17.2. The zero-order valence-electron chi connectivity index (χ0n) is 20.4. The molecular formula is C30H27N3O3S. The number of hydrazone groups is 1. The number of amides is 1. The molecular weight excluding hydrogens is 482 g/mol. The maximum Gasteiger partial charge on any atom is 0.252 e. The number of phenolic OH excluding ortho intramolecular Hbond substituents is 1. The molecule has 37 heavy (non-hydrogen) atoms. The molecule has 1 aliphatic heterocycles. The zero-order chi connectivity index (χ0) is 25.6. The van der Waals surface area contributed by atoms with Crippen molar-refractivity contribution in [3.8, 4) is 11.5 Å². The second kappa shape index (κ2) is 11.2. The molecule has 1 aliphatic rings. The van der Waals surface area contributed by atoms with E-state index in [0.29, 0.717) is 30.1 Å². The molecule has 6 nitrogen and oxygen atoms in total.